The van der Waals surface area contributed by atoms with Gasteiger partial charge in [0.1, 0.15) is 6.54 Å². The van der Waals surface area contributed by atoms with Crippen LogP contribution in [0.5, 0.6) is 0 Å². The molecule has 0 heterocycles. The van der Waals surface area contributed by atoms with E-state index in [0.717, 1.165) is 43.5 Å². The minimum Gasteiger partial charge on any atom is -0.396 e. The van der Waals surface area contributed by atoms with Crippen LogP contribution < -0.4 is 0 Å². The number of aliphatic hydroxyl groups excluding tert-OH is 3. The summed E-state index contributed by atoms with van der Waals surface area (Å²) >= 11 is 0. The molecule has 30 heavy (non-hydrogen) atoms. The van der Waals surface area contributed by atoms with Crippen molar-refractivity contribution in [2.75, 3.05) is 46.0 Å². The fourth-order valence-electron chi connectivity index (χ4n) is 4.69. The number of quaternary nitrogens is 1. The molecule has 0 aliphatic carbocycles. The molecule has 0 spiro atoms. The highest BCUT2D eigenvalue weighted by molar-refractivity contribution is 4.52. The molecular formula is C26H56NO3+. The van der Waals surface area contributed by atoms with Crippen molar-refractivity contribution in [3.05, 3.63) is 0 Å². The third-order valence-electron chi connectivity index (χ3n) is 6.64. The summed E-state index contributed by atoms with van der Waals surface area (Å²) in [5, 5.41) is 27.9. The number of rotatable bonds is 25. The summed E-state index contributed by atoms with van der Waals surface area (Å²) in [6, 6.07) is 0. The van der Waals surface area contributed by atoms with E-state index in [0.29, 0.717) is 0 Å². The summed E-state index contributed by atoms with van der Waals surface area (Å²) in [7, 11) is 0. The van der Waals surface area contributed by atoms with Crippen molar-refractivity contribution >= 4 is 0 Å². The first-order valence-electron chi connectivity index (χ1n) is 13.4. The summed E-state index contributed by atoms with van der Waals surface area (Å²) in [5.74, 6) is 0. The van der Waals surface area contributed by atoms with Crippen molar-refractivity contribution < 1.29 is 19.8 Å². The van der Waals surface area contributed by atoms with Crippen LogP contribution in [0.25, 0.3) is 0 Å². The quantitative estimate of drug-likeness (QED) is 0.126. The second-order valence-corrected chi connectivity index (χ2v) is 9.42. The van der Waals surface area contributed by atoms with Crippen LogP contribution >= 0.6 is 0 Å². The monoisotopic (exact) mass is 430 g/mol. The van der Waals surface area contributed by atoms with E-state index < -0.39 is 0 Å². The molecule has 0 aromatic heterocycles. The van der Waals surface area contributed by atoms with E-state index in [1.807, 2.05) is 0 Å². The van der Waals surface area contributed by atoms with Gasteiger partial charge in [-0.15, -0.1) is 0 Å². The number of hydrogen-bond acceptors (Lipinski definition) is 3. The molecule has 182 valence electrons. The van der Waals surface area contributed by atoms with Crippen molar-refractivity contribution in [2.24, 2.45) is 0 Å². The van der Waals surface area contributed by atoms with Crippen molar-refractivity contribution in [1.82, 2.24) is 0 Å². The Hall–Kier alpha value is -0.160. The van der Waals surface area contributed by atoms with Gasteiger partial charge in [0.05, 0.1) is 26.2 Å². The molecule has 0 rings (SSSR count). The molecule has 0 atom stereocenters. The minimum atomic E-state index is 0.190. The van der Waals surface area contributed by atoms with Crippen LogP contribution in [0.4, 0.5) is 0 Å². The Kier molecular flexibility index (Phi) is 23.4. The number of unbranched alkanes of at least 4 members (excludes halogenated alkanes) is 15. The Balaban J connectivity index is 3.62. The summed E-state index contributed by atoms with van der Waals surface area (Å²) in [6.07, 6.45) is 23.7. The molecule has 0 aliphatic heterocycles. The second-order valence-electron chi connectivity index (χ2n) is 9.42. The first-order chi connectivity index (χ1) is 14.7. The van der Waals surface area contributed by atoms with Crippen molar-refractivity contribution in [1.29, 1.82) is 0 Å². The third kappa shape index (κ3) is 18.6. The molecule has 0 unspecified atom stereocenters. The maximum absolute atomic E-state index is 9.49. The van der Waals surface area contributed by atoms with E-state index in [1.165, 1.54) is 103 Å². The van der Waals surface area contributed by atoms with Crippen LogP contribution in [0.1, 0.15) is 122 Å². The Morgan fingerprint density at radius 3 is 1.03 bits per heavy atom. The predicted molar refractivity (Wildman–Crippen MR) is 130 cm³/mol. The predicted octanol–water partition coefficient (Wildman–Crippen LogP) is 5.82. The Morgan fingerprint density at radius 2 is 0.700 bits per heavy atom. The zero-order valence-corrected chi connectivity index (χ0v) is 20.5. The Labute approximate surface area is 188 Å². The highest BCUT2D eigenvalue weighted by atomic mass is 16.3. The van der Waals surface area contributed by atoms with Gasteiger partial charge in [-0.1, -0.05) is 96.8 Å². The summed E-state index contributed by atoms with van der Waals surface area (Å²) in [5.41, 5.74) is 0. The maximum Gasteiger partial charge on any atom is 0.102 e. The molecule has 4 nitrogen and oxygen atoms in total. The highest BCUT2D eigenvalue weighted by Crippen LogP contribution is 2.16. The van der Waals surface area contributed by atoms with Crippen LogP contribution in [0.15, 0.2) is 0 Å². The molecule has 0 aliphatic rings. The average molecular weight is 431 g/mol. The van der Waals surface area contributed by atoms with Crippen molar-refractivity contribution in [3.8, 4) is 0 Å². The van der Waals surface area contributed by atoms with Crippen LogP contribution in [0.2, 0.25) is 0 Å². The van der Waals surface area contributed by atoms with Gasteiger partial charge in [0.2, 0.25) is 0 Å². The van der Waals surface area contributed by atoms with Crippen LogP contribution in [-0.2, 0) is 0 Å². The first-order valence-corrected chi connectivity index (χ1v) is 13.4. The topological polar surface area (TPSA) is 60.7 Å². The third-order valence-corrected chi connectivity index (χ3v) is 6.64. The minimum absolute atomic E-state index is 0.190. The Bertz CT molecular complexity index is 317. The fraction of sp³-hybridized carbons (Fsp3) is 1.00. The van der Waals surface area contributed by atoms with E-state index in [1.54, 1.807) is 0 Å². The summed E-state index contributed by atoms with van der Waals surface area (Å²) < 4.78 is 0.857. The summed E-state index contributed by atoms with van der Waals surface area (Å²) in [4.78, 5) is 0. The van der Waals surface area contributed by atoms with Gasteiger partial charge in [0.25, 0.3) is 0 Å². The van der Waals surface area contributed by atoms with E-state index in [9.17, 15) is 15.3 Å². The lowest BCUT2D eigenvalue weighted by Gasteiger charge is -2.38. The molecule has 0 saturated carbocycles. The molecule has 0 saturated heterocycles. The van der Waals surface area contributed by atoms with E-state index >= 15 is 0 Å². The standard InChI is InChI=1S/C26H56NO3/c1-2-3-4-5-6-7-8-9-10-11-12-13-14-15-16-17-20-27(23-26-30,21-18-24-28)22-19-25-29/h28-30H,2-26H2,1H3/q+1. The molecule has 0 radical (unpaired) electrons. The molecule has 4 heteroatoms. The van der Waals surface area contributed by atoms with Gasteiger partial charge in [0, 0.05) is 26.1 Å². The van der Waals surface area contributed by atoms with Crippen LogP contribution in [0, 0.1) is 0 Å². The molecule has 0 fully saturated rings. The number of aliphatic hydroxyl groups is 3. The summed E-state index contributed by atoms with van der Waals surface area (Å²) in [6.45, 7) is 6.54. The van der Waals surface area contributed by atoms with Gasteiger partial charge >= 0.3 is 0 Å². The average Bonchev–Trinajstić information content (AvgIpc) is 2.76. The van der Waals surface area contributed by atoms with Gasteiger partial charge in [-0.2, -0.15) is 0 Å². The zero-order valence-electron chi connectivity index (χ0n) is 20.5. The smallest absolute Gasteiger partial charge is 0.102 e. The van der Waals surface area contributed by atoms with Gasteiger partial charge in [-0.3, -0.25) is 0 Å². The Morgan fingerprint density at radius 1 is 0.367 bits per heavy atom. The van der Waals surface area contributed by atoms with Gasteiger partial charge < -0.3 is 19.8 Å². The molecule has 3 N–H and O–H groups in total. The second kappa shape index (κ2) is 23.5. The molecule has 0 aromatic rings. The van der Waals surface area contributed by atoms with Gasteiger partial charge in [-0.05, 0) is 12.8 Å². The van der Waals surface area contributed by atoms with E-state index in [2.05, 4.69) is 6.92 Å². The zero-order chi connectivity index (χ0) is 22.2. The molecule has 0 bridgehead atoms. The molecule has 0 amide bonds. The lowest BCUT2D eigenvalue weighted by atomic mass is 10.0. The maximum atomic E-state index is 9.49. The number of hydrogen-bond donors (Lipinski definition) is 3. The molecular weight excluding hydrogens is 374 g/mol. The fourth-order valence-corrected chi connectivity index (χ4v) is 4.69. The van der Waals surface area contributed by atoms with E-state index in [4.69, 9.17) is 0 Å². The van der Waals surface area contributed by atoms with Crippen LogP contribution in [-0.4, -0.2) is 65.8 Å². The van der Waals surface area contributed by atoms with Crippen molar-refractivity contribution in [3.63, 3.8) is 0 Å². The highest BCUT2D eigenvalue weighted by Gasteiger charge is 2.25. The van der Waals surface area contributed by atoms with Gasteiger partial charge in [0.15, 0.2) is 0 Å². The lowest BCUT2D eigenvalue weighted by molar-refractivity contribution is -0.929. The largest absolute Gasteiger partial charge is 0.396 e. The van der Waals surface area contributed by atoms with E-state index in [-0.39, 0.29) is 19.8 Å². The molecule has 0 aromatic carbocycles. The van der Waals surface area contributed by atoms with Crippen LogP contribution in [0.3, 0.4) is 0 Å². The SMILES string of the molecule is CCCCCCCCCCCCCCCCCC[N+](CCO)(CCCO)CCCO. The number of nitrogens with zero attached hydrogens (tertiary/aromatic N) is 1. The lowest BCUT2D eigenvalue weighted by Crippen LogP contribution is -2.52. The van der Waals surface area contributed by atoms with Gasteiger partial charge in [-0.25, -0.2) is 0 Å². The first kappa shape index (κ1) is 29.8. The normalized spacial score (nSPS) is 12.0. The van der Waals surface area contributed by atoms with Crippen molar-refractivity contribution in [2.45, 2.75) is 122 Å².